The number of aromatic amines is 1. The van der Waals surface area contributed by atoms with Crippen LogP contribution in [0.5, 0.6) is 0 Å². The van der Waals surface area contributed by atoms with Gasteiger partial charge in [-0.05, 0) is 49.1 Å². The molecule has 0 radical (unpaired) electrons. The Morgan fingerprint density at radius 3 is 2.24 bits per heavy atom. The van der Waals surface area contributed by atoms with Crippen LogP contribution in [0.1, 0.15) is 66.3 Å². The molecule has 1 N–H and O–H groups in total. The van der Waals surface area contributed by atoms with Gasteiger partial charge in [-0.3, -0.25) is 14.3 Å². The number of aryl methyl sites for hydroxylation is 1. The second-order valence-electron chi connectivity index (χ2n) is 12.5. The van der Waals surface area contributed by atoms with Crippen molar-refractivity contribution in [3.63, 3.8) is 0 Å². The van der Waals surface area contributed by atoms with Crippen molar-refractivity contribution in [1.82, 2.24) is 9.55 Å². The Morgan fingerprint density at radius 2 is 1.71 bits per heavy atom. The first-order valence-electron chi connectivity index (χ1n) is 12.3. The van der Waals surface area contributed by atoms with Crippen molar-refractivity contribution in [1.29, 1.82) is 0 Å². The molecule has 1 aliphatic heterocycles. The van der Waals surface area contributed by atoms with E-state index in [9.17, 15) is 9.59 Å². The van der Waals surface area contributed by atoms with E-state index in [4.69, 9.17) is 13.6 Å². The molecule has 0 aromatic carbocycles. The molecule has 1 aromatic heterocycles. The van der Waals surface area contributed by atoms with Gasteiger partial charge in [0.15, 0.2) is 16.6 Å². The summed E-state index contributed by atoms with van der Waals surface area (Å²) in [6.07, 6.45) is 2.52. The highest BCUT2D eigenvalue weighted by molar-refractivity contribution is 6.74. The Hall–Kier alpha value is -1.27. The van der Waals surface area contributed by atoms with Gasteiger partial charge in [0, 0.05) is 18.2 Å². The average molecular weight is 511 g/mol. The molecule has 194 valence electrons. The molecule has 1 fully saturated rings. The molecule has 7 nitrogen and oxygen atoms in total. The molecule has 2 heterocycles. The fraction of sp³-hybridized carbons (Fsp3) is 0.760. The number of ether oxygens (including phenoxy) is 1. The number of rotatable bonds is 9. The summed E-state index contributed by atoms with van der Waals surface area (Å²) < 4.78 is 21.4. The Kier molecular flexibility index (Phi) is 8.84. The van der Waals surface area contributed by atoms with E-state index in [1.807, 2.05) is 0 Å². The van der Waals surface area contributed by atoms with Crippen LogP contribution in [0.2, 0.25) is 36.3 Å². The van der Waals surface area contributed by atoms with Crippen molar-refractivity contribution < 1.29 is 13.6 Å². The SMILES string of the molecule is C=CCCc1cc(=O)[nH]c(=O)n1[C@H]1C[C@H](O[Si](C)(C)C(C)(C)C)[C@@H](CO[Si](C)(C)C(C)(C)C)O1. The van der Waals surface area contributed by atoms with E-state index in [-0.39, 0.29) is 22.3 Å². The fourth-order valence-electron chi connectivity index (χ4n) is 3.51. The van der Waals surface area contributed by atoms with Crippen LogP contribution in [-0.2, 0) is 20.0 Å². The first-order chi connectivity index (χ1) is 15.4. The zero-order valence-electron chi connectivity index (χ0n) is 22.9. The Balaban J connectivity index is 2.40. The predicted octanol–water partition coefficient (Wildman–Crippen LogP) is 5.35. The third kappa shape index (κ3) is 6.69. The van der Waals surface area contributed by atoms with Gasteiger partial charge in [-0.1, -0.05) is 47.6 Å². The summed E-state index contributed by atoms with van der Waals surface area (Å²) in [5, 5.41) is 0.119. The summed E-state index contributed by atoms with van der Waals surface area (Å²) in [4.78, 5) is 27.3. The van der Waals surface area contributed by atoms with E-state index >= 15 is 0 Å². The van der Waals surface area contributed by atoms with Gasteiger partial charge in [-0.15, -0.1) is 6.58 Å². The van der Waals surface area contributed by atoms with Crippen LogP contribution in [-0.4, -0.2) is 45.0 Å². The lowest BCUT2D eigenvalue weighted by Gasteiger charge is -2.40. The van der Waals surface area contributed by atoms with E-state index in [1.54, 1.807) is 10.6 Å². The monoisotopic (exact) mass is 510 g/mol. The molecule has 1 aromatic rings. The second-order valence-corrected chi connectivity index (χ2v) is 22.0. The molecule has 0 saturated carbocycles. The van der Waals surface area contributed by atoms with E-state index in [0.29, 0.717) is 31.6 Å². The summed E-state index contributed by atoms with van der Waals surface area (Å²) >= 11 is 0. The Morgan fingerprint density at radius 1 is 1.12 bits per heavy atom. The Labute approximate surface area is 207 Å². The second kappa shape index (κ2) is 10.4. The van der Waals surface area contributed by atoms with Gasteiger partial charge in [-0.2, -0.15) is 0 Å². The molecule has 0 unspecified atom stereocenters. The van der Waals surface area contributed by atoms with Crippen molar-refractivity contribution in [2.75, 3.05) is 6.61 Å². The zero-order chi connectivity index (χ0) is 26.1. The molecule has 2 rings (SSSR count). The molecule has 1 aliphatic rings. The van der Waals surface area contributed by atoms with Crippen LogP contribution >= 0.6 is 0 Å². The average Bonchev–Trinajstić information content (AvgIpc) is 3.03. The summed E-state index contributed by atoms with van der Waals surface area (Å²) in [6, 6.07) is 1.48. The molecule has 0 amide bonds. The number of nitrogens with zero attached hydrogens (tertiary/aromatic N) is 1. The maximum Gasteiger partial charge on any atom is 0.330 e. The minimum Gasteiger partial charge on any atom is -0.414 e. The molecular formula is C25H46N2O5Si2. The van der Waals surface area contributed by atoms with Gasteiger partial charge in [-0.25, -0.2) is 4.79 Å². The minimum atomic E-state index is -2.09. The number of H-pyrrole nitrogens is 1. The molecule has 34 heavy (non-hydrogen) atoms. The number of aromatic nitrogens is 2. The largest absolute Gasteiger partial charge is 0.414 e. The quantitative estimate of drug-likeness (QED) is 0.357. The van der Waals surface area contributed by atoms with Gasteiger partial charge in [0.1, 0.15) is 12.3 Å². The van der Waals surface area contributed by atoms with Gasteiger partial charge < -0.3 is 13.6 Å². The first-order valence-corrected chi connectivity index (χ1v) is 18.1. The minimum absolute atomic E-state index is 0.0415. The highest BCUT2D eigenvalue weighted by atomic mass is 28.4. The number of hydrogen-bond donors (Lipinski definition) is 1. The van der Waals surface area contributed by atoms with E-state index in [2.05, 4.69) is 79.3 Å². The maximum absolute atomic E-state index is 12.9. The van der Waals surface area contributed by atoms with Gasteiger partial charge >= 0.3 is 5.69 Å². The lowest BCUT2D eigenvalue weighted by molar-refractivity contribution is -0.0421. The molecule has 0 bridgehead atoms. The maximum atomic E-state index is 12.9. The van der Waals surface area contributed by atoms with Crippen molar-refractivity contribution >= 4 is 16.6 Å². The summed E-state index contributed by atoms with van der Waals surface area (Å²) in [5.41, 5.74) is -0.200. The highest BCUT2D eigenvalue weighted by Gasteiger charge is 2.47. The molecule has 0 aliphatic carbocycles. The summed E-state index contributed by atoms with van der Waals surface area (Å²) in [5.74, 6) is 0. The van der Waals surface area contributed by atoms with Crippen LogP contribution < -0.4 is 11.2 Å². The molecule has 0 spiro atoms. The van der Waals surface area contributed by atoms with Crippen molar-refractivity contribution in [2.24, 2.45) is 0 Å². The topological polar surface area (TPSA) is 82.6 Å². The third-order valence-electron chi connectivity index (χ3n) is 7.80. The van der Waals surface area contributed by atoms with Crippen molar-refractivity contribution in [3.05, 3.63) is 45.3 Å². The van der Waals surface area contributed by atoms with Crippen LogP contribution in [0.3, 0.4) is 0 Å². The van der Waals surface area contributed by atoms with Crippen molar-refractivity contribution in [2.45, 2.75) is 116 Å². The first kappa shape index (κ1) is 29.0. The van der Waals surface area contributed by atoms with Crippen LogP contribution in [0.25, 0.3) is 0 Å². The third-order valence-corrected chi connectivity index (χ3v) is 16.8. The molecular weight excluding hydrogens is 464 g/mol. The van der Waals surface area contributed by atoms with Gasteiger partial charge in [0.2, 0.25) is 0 Å². The van der Waals surface area contributed by atoms with E-state index in [0.717, 1.165) is 0 Å². The molecule has 9 heteroatoms. The standard InChI is InChI=1S/C25H46N2O5Si2/c1-12-13-14-18-15-21(28)26-23(29)27(18)22-16-19(32-34(10,11)25(5,6)7)20(31-22)17-30-33(8,9)24(2,3)4/h12,15,19-20,22H,1,13-14,16-17H2,2-11H3,(H,26,28,29)/t19-,20+,22+/m0/s1. The van der Waals surface area contributed by atoms with Crippen molar-refractivity contribution in [3.8, 4) is 0 Å². The lowest BCUT2D eigenvalue weighted by Crippen LogP contribution is -2.48. The van der Waals surface area contributed by atoms with Crippen LogP contribution in [0, 0.1) is 0 Å². The number of nitrogens with one attached hydrogen (secondary N) is 1. The van der Waals surface area contributed by atoms with Crippen LogP contribution in [0.4, 0.5) is 0 Å². The molecule has 3 atom stereocenters. The zero-order valence-corrected chi connectivity index (χ0v) is 24.9. The predicted molar refractivity (Wildman–Crippen MR) is 144 cm³/mol. The van der Waals surface area contributed by atoms with Gasteiger partial charge in [0.05, 0.1) is 12.7 Å². The van der Waals surface area contributed by atoms with E-state index in [1.165, 1.54) is 6.07 Å². The number of hydrogen-bond acceptors (Lipinski definition) is 5. The fourth-order valence-corrected chi connectivity index (χ4v) is 5.88. The van der Waals surface area contributed by atoms with Gasteiger partial charge in [0.25, 0.3) is 5.56 Å². The Bertz CT molecular complexity index is 969. The molecule has 1 saturated heterocycles. The smallest absolute Gasteiger partial charge is 0.330 e. The summed E-state index contributed by atoms with van der Waals surface area (Å²) in [7, 11) is -4.09. The lowest BCUT2D eigenvalue weighted by atomic mass is 10.1. The van der Waals surface area contributed by atoms with E-state index < -0.39 is 34.1 Å². The summed E-state index contributed by atoms with van der Waals surface area (Å²) in [6.45, 7) is 26.4. The normalized spacial score (nSPS) is 22.2. The highest BCUT2D eigenvalue weighted by Crippen LogP contribution is 2.42. The number of allylic oxidation sites excluding steroid dienone is 1. The van der Waals surface area contributed by atoms with Crippen LogP contribution in [0.15, 0.2) is 28.3 Å².